The first-order valence-corrected chi connectivity index (χ1v) is 4.40. The maximum absolute atomic E-state index is 12.5. The van der Waals surface area contributed by atoms with E-state index < -0.39 is 11.7 Å². The molecule has 1 saturated heterocycles. The van der Waals surface area contributed by atoms with Crippen molar-refractivity contribution in [3.8, 4) is 0 Å². The van der Waals surface area contributed by atoms with Gasteiger partial charge in [0, 0.05) is 12.5 Å². The van der Waals surface area contributed by atoms with Crippen molar-refractivity contribution in [3.05, 3.63) is 17.5 Å². The van der Waals surface area contributed by atoms with Gasteiger partial charge < -0.3 is 5.32 Å². The Labute approximate surface area is 78.7 Å². The highest BCUT2D eigenvalue weighted by molar-refractivity contribution is 5.24. The van der Waals surface area contributed by atoms with E-state index in [2.05, 4.69) is 15.5 Å². The number of hydrogen-bond acceptors (Lipinski definition) is 2. The quantitative estimate of drug-likeness (QED) is 0.729. The molecule has 1 unspecified atom stereocenters. The zero-order valence-corrected chi connectivity index (χ0v) is 7.36. The summed E-state index contributed by atoms with van der Waals surface area (Å²) in [6.45, 7) is 1.35. The van der Waals surface area contributed by atoms with E-state index in [1.54, 1.807) is 0 Å². The standard InChI is InChI=1S/C8H10F3N3/c9-8(10,11)6-4-13-14-7(6)5-1-2-12-3-5/h4-5,12H,1-3H2,(H,13,14). The molecule has 1 atom stereocenters. The van der Waals surface area contributed by atoms with E-state index in [-0.39, 0.29) is 11.6 Å². The lowest BCUT2D eigenvalue weighted by atomic mass is 10.0. The van der Waals surface area contributed by atoms with Crippen LogP contribution in [0.5, 0.6) is 0 Å². The van der Waals surface area contributed by atoms with Crippen molar-refractivity contribution in [2.24, 2.45) is 0 Å². The molecule has 1 aromatic heterocycles. The smallest absolute Gasteiger partial charge is 0.316 e. The molecule has 1 fully saturated rings. The van der Waals surface area contributed by atoms with Gasteiger partial charge in [0.15, 0.2) is 0 Å². The molecule has 0 bridgehead atoms. The number of halogens is 3. The third-order valence-electron chi connectivity index (χ3n) is 2.44. The van der Waals surface area contributed by atoms with Crippen LogP contribution >= 0.6 is 0 Å². The van der Waals surface area contributed by atoms with E-state index in [9.17, 15) is 13.2 Å². The van der Waals surface area contributed by atoms with Crippen LogP contribution in [-0.4, -0.2) is 23.3 Å². The fourth-order valence-electron chi connectivity index (χ4n) is 1.73. The SMILES string of the molecule is FC(F)(F)c1cn[nH]c1C1CCNC1. The van der Waals surface area contributed by atoms with E-state index in [0.29, 0.717) is 6.54 Å². The summed E-state index contributed by atoms with van der Waals surface area (Å²) in [6, 6.07) is 0. The Bertz CT molecular complexity index is 312. The van der Waals surface area contributed by atoms with E-state index >= 15 is 0 Å². The summed E-state index contributed by atoms with van der Waals surface area (Å²) < 4.78 is 37.4. The summed E-state index contributed by atoms with van der Waals surface area (Å²) in [5.74, 6) is -0.0888. The van der Waals surface area contributed by atoms with Gasteiger partial charge in [-0.1, -0.05) is 0 Å². The first kappa shape index (κ1) is 9.51. The first-order valence-electron chi connectivity index (χ1n) is 4.40. The van der Waals surface area contributed by atoms with Gasteiger partial charge in [-0.05, 0) is 13.0 Å². The van der Waals surface area contributed by atoms with E-state index in [1.165, 1.54) is 0 Å². The van der Waals surface area contributed by atoms with Crippen molar-refractivity contribution in [2.45, 2.75) is 18.5 Å². The average Bonchev–Trinajstić information content (AvgIpc) is 2.73. The van der Waals surface area contributed by atoms with Crippen molar-refractivity contribution in [1.29, 1.82) is 0 Å². The highest BCUT2D eigenvalue weighted by Crippen LogP contribution is 2.35. The Morgan fingerprint density at radius 2 is 2.21 bits per heavy atom. The third-order valence-corrected chi connectivity index (χ3v) is 2.44. The molecule has 0 saturated carbocycles. The fourth-order valence-corrected chi connectivity index (χ4v) is 1.73. The van der Waals surface area contributed by atoms with Crippen LogP contribution in [0.4, 0.5) is 13.2 Å². The molecule has 0 aromatic carbocycles. The monoisotopic (exact) mass is 205 g/mol. The summed E-state index contributed by atoms with van der Waals surface area (Å²) in [5, 5.41) is 8.93. The number of hydrogen-bond donors (Lipinski definition) is 2. The number of alkyl halides is 3. The molecule has 14 heavy (non-hydrogen) atoms. The first-order chi connectivity index (χ1) is 6.59. The van der Waals surface area contributed by atoms with Crippen molar-refractivity contribution in [1.82, 2.24) is 15.5 Å². The molecule has 6 heteroatoms. The summed E-state index contributed by atoms with van der Waals surface area (Å²) >= 11 is 0. The fraction of sp³-hybridized carbons (Fsp3) is 0.625. The van der Waals surface area contributed by atoms with Crippen molar-refractivity contribution < 1.29 is 13.2 Å². The molecule has 2 N–H and O–H groups in total. The normalized spacial score (nSPS) is 22.9. The highest BCUT2D eigenvalue weighted by Gasteiger charge is 2.37. The van der Waals surface area contributed by atoms with Crippen LogP contribution in [0, 0.1) is 0 Å². The maximum Gasteiger partial charge on any atom is 0.419 e. The molecule has 0 amide bonds. The average molecular weight is 205 g/mol. The predicted octanol–water partition coefficient (Wildman–Crippen LogP) is 1.51. The molecule has 0 spiro atoms. The molecule has 2 rings (SSSR count). The molecule has 0 radical (unpaired) electrons. The van der Waals surface area contributed by atoms with Gasteiger partial charge in [-0.15, -0.1) is 0 Å². The Kier molecular flexibility index (Phi) is 2.22. The van der Waals surface area contributed by atoms with Crippen molar-refractivity contribution in [3.63, 3.8) is 0 Å². The minimum Gasteiger partial charge on any atom is -0.316 e. The largest absolute Gasteiger partial charge is 0.419 e. The lowest BCUT2D eigenvalue weighted by molar-refractivity contribution is -0.138. The van der Waals surface area contributed by atoms with Crippen LogP contribution < -0.4 is 5.32 Å². The molecular weight excluding hydrogens is 195 g/mol. The van der Waals surface area contributed by atoms with Gasteiger partial charge in [0.25, 0.3) is 0 Å². The number of aromatic amines is 1. The number of aromatic nitrogens is 2. The molecule has 0 aliphatic carbocycles. The lowest BCUT2D eigenvalue weighted by Crippen LogP contribution is -2.13. The molecule has 1 aliphatic rings. The number of nitrogens with one attached hydrogen (secondary N) is 2. The van der Waals surface area contributed by atoms with Crippen LogP contribution in [-0.2, 0) is 6.18 Å². The Balaban J connectivity index is 2.29. The van der Waals surface area contributed by atoms with Gasteiger partial charge in [0.05, 0.1) is 17.5 Å². The molecule has 78 valence electrons. The predicted molar refractivity (Wildman–Crippen MR) is 43.8 cm³/mol. The number of rotatable bonds is 1. The zero-order valence-electron chi connectivity index (χ0n) is 7.36. The highest BCUT2D eigenvalue weighted by atomic mass is 19.4. The minimum atomic E-state index is -4.30. The number of H-pyrrole nitrogens is 1. The molecule has 1 aromatic rings. The van der Waals surface area contributed by atoms with E-state index in [1.807, 2.05) is 0 Å². The Hall–Kier alpha value is -1.04. The second-order valence-electron chi connectivity index (χ2n) is 3.38. The summed E-state index contributed by atoms with van der Waals surface area (Å²) in [4.78, 5) is 0. The van der Waals surface area contributed by atoms with E-state index in [0.717, 1.165) is 19.2 Å². The van der Waals surface area contributed by atoms with Gasteiger partial charge in [0.1, 0.15) is 0 Å². The van der Waals surface area contributed by atoms with Crippen LogP contribution in [0.1, 0.15) is 23.6 Å². The Morgan fingerprint density at radius 3 is 2.79 bits per heavy atom. The summed E-state index contributed by atoms with van der Waals surface area (Å²) in [5.41, 5.74) is -0.422. The maximum atomic E-state index is 12.5. The van der Waals surface area contributed by atoms with Gasteiger partial charge in [0.2, 0.25) is 0 Å². The summed E-state index contributed by atoms with van der Waals surface area (Å²) in [7, 11) is 0. The second kappa shape index (κ2) is 3.27. The molecule has 3 nitrogen and oxygen atoms in total. The van der Waals surface area contributed by atoms with Gasteiger partial charge >= 0.3 is 6.18 Å². The molecule has 2 heterocycles. The minimum absolute atomic E-state index is 0.0888. The molecular formula is C8H10F3N3. The zero-order chi connectivity index (χ0) is 10.2. The van der Waals surface area contributed by atoms with Crippen molar-refractivity contribution >= 4 is 0 Å². The summed E-state index contributed by atoms with van der Waals surface area (Å²) in [6.07, 6.45) is -2.72. The third kappa shape index (κ3) is 1.61. The Morgan fingerprint density at radius 1 is 1.43 bits per heavy atom. The van der Waals surface area contributed by atoms with Crippen molar-refractivity contribution in [2.75, 3.05) is 13.1 Å². The second-order valence-corrected chi connectivity index (χ2v) is 3.38. The molecule has 1 aliphatic heterocycles. The number of nitrogens with zero attached hydrogens (tertiary/aromatic N) is 1. The van der Waals surface area contributed by atoms with Crippen LogP contribution in [0.3, 0.4) is 0 Å². The van der Waals surface area contributed by atoms with Crippen LogP contribution in [0.15, 0.2) is 6.20 Å². The van der Waals surface area contributed by atoms with Gasteiger partial charge in [-0.3, -0.25) is 5.10 Å². The van der Waals surface area contributed by atoms with Crippen LogP contribution in [0.25, 0.3) is 0 Å². The lowest BCUT2D eigenvalue weighted by Gasteiger charge is -2.10. The van der Waals surface area contributed by atoms with Gasteiger partial charge in [-0.2, -0.15) is 18.3 Å². The van der Waals surface area contributed by atoms with E-state index in [4.69, 9.17) is 0 Å². The topological polar surface area (TPSA) is 40.7 Å². The van der Waals surface area contributed by atoms with Gasteiger partial charge in [-0.25, -0.2) is 0 Å². The van der Waals surface area contributed by atoms with Crippen LogP contribution in [0.2, 0.25) is 0 Å².